The van der Waals surface area contributed by atoms with Crippen LogP contribution < -0.4 is 10.6 Å². The molecule has 0 saturated heterocycles. The first kappa shape index (κ1) is 13.7. The molecule has 2 heterocycles. The predicted octanol–water partition coefficient (Wildman–Crippen LogP) is 2.02. The molecule has 0 spiro atoms. The second-order valence-electron chi connectivity index (χ2n) is 5.50. The van der Waals surface area contributed by atoms with E-state index in [0.717, 1.165) is 41.9 Å². The Labute approximate surface area is 124 Å². The Hall–Kier alpha value is -2.30. The lowest BCUT2D eigenvalue weighted by Crippen LogP contribution is -2.23. The molecule has 1 aliphatic rings. The van der Waals surface area contributed by atoms with Crippen molar-refractivity contribution < 1.29 is 4.79 Å². The summed E-state index contributed by atoms with van der Waals surface area (Å²) < 4.78 is 1.77. The molecule has 0 radical (unpaired) electrons. The third kappa shape index (κ3) is 2.91. The molecular formula is C16H20N4O. The minimum Gasteiger partial charge on any atom is -0.385 e. The second kappa shape index (κ2) is 5.60. The van der Waals surface area contributed by atoms with Crippen LogP contribution in [0, 0.1) is 6.92 Å². The number of carbonyl (C=O) groups excluding carboxylic acids is 1. The van der Waals surface area contributed by atoms with Crippen molar-refractivity contribution in [3.05, 3.63) is 46.8 Å². The van der Waals surface area contributed by atoms with Crippen molar-refractivity contribution in [2.45, 2.75) is 26.3 Å². The highest BCUT2D eigenvalue weighted by Crippen LogP contribution is 2.22. The van der Waals surface area contributed by atoms with Gasteiger partial charge in [0.25, 0.3) is 5.91 Å². The largest absolute Gasteiger partial charge is 0.385 e. The highest BCUT2D eigenvalue weighted by molar-refractivity contribution is 5.94. The van der Waals surface area contributed by atoms with Crippen LogP contribution in [-0.2, 0) is 20.0 Å². The van der Waals surface area contributed by atoms with Crippen LogP contribution in [0.5, 0.6) is 0 Å². The van der Waals surface area contributed by atoms with E-state index in [-0.39, 0.29) is 5.91 Å². The SMILES string of the molecule is Cc1nn(C)cc1CNC(=O)c1ccc2c(c1)CCCN2. The van der Waals surface area contributed by atoms with E-state index in [2.05, 4.69) is 15.7 Å². The van der Waals surface area contributed by atoms with Crippen LogP contribution in [0.15, 0.2) is 24.4 Å². The fourth-order valence-electron chi connectivity index (χ4n) is 2.72. The van der Waals surface area contributed by atoms with E-state index in [1.54, 1.807) is 4.68 Å². The van der Waals surface area contributed by atoms with Crippen LogP contribution in [0.4, 0.5) is 5.69 Å². The number of hydrogen-bond donors (Lipinski definition) is 2. The van der Waals surface area contributed by atoms with Crippen LogP contribution in [0.25, 0.3) is 0 Å². The van der Waals surface area contributed by atoms with Crippen LogP contribution in [-0.4, -0.2) is 22.2 Å². The summed E-state index contributed by atoms with van der Waals surface area (Å²) >= 11 is 0. The Kier molecular flexibility index (Phi) is 3.64. The van der Waals surface area contributed by atoms with Crippen LogP contribution in [0.1, 0.15) is 33.6 Å². The van der Waals surface area contributed by atoms with Crippen molar-refractivity contribution in [2.75, 3.05) is 11.9 Å². The quantitative estimate of drug-likeness (QED) is 0.906. The first-order valence-corrected chi connectivity index (χ1v) is 7.27. The van der Waals surface area contributed by atoms with Gasteiger partial charge in [0.2, 0.25) is 0 Å². The summed E-state index contributed by atoms with van der Waals surface area (Å²) in [7, 11) is 1.88. The number of aryl methyl sites for hydroxylation is 3. The minimum atomic E-state index is -0.0355. The average molecular weight is 284 g/mol. The number of hydrogen-bond acceptors (Lipinski definition) is 3. The number of aromatic nitrogens is 2. The lowest BCUT2D eigenvalue weighted by Gasteiger charge is -2.18. The molecule has 5 nitrogen and oxygen atoms in total. The van der Waals surface area contributed by atoms with Crippen molar-refractivity contribution in [3.8, 4) is 0 Å². The van der Waals surface area contributed by atoms with Gasteiger partial charge in [-0.25, -0.2) is 0 Å². The molecule has 1 aliphatic heterocycles. The van der Waals surface area contributed by atoms with E-state index in [1.807, 2.05) is 38.4 Å². The van der Waals surface area contributed by atoms with E-state index >= 15 is 0 Å². The summed E-state index contributed by atoms with van der Waals surface area (Å²) in [4.78, 5) is 12.3. The van der Waals surface area contributed by atoms with Crippen molar-refractivity contribution >= 4 is 11.6 Å². The Morgan fingerprint density at radius 1 is 1.48 bits per heavy atom. The summed E-state index contributed by atoms with van der Waals surface area (Å²) in [5.74, 6) is -0.0355. The number of nitrogens with zero attached hydrogens (tertiary/aromatic N) is 2. The molecule has 0 unspecified atom stereocenters. The summed E-state index contributed by atoms with van der Waals surface area (Å²) in [6.45, 7) is 3.47. The number of carbonyl (C=O) groups is 1. The fourth-order valence-corrected chi connectivity index (χ4v) is 2.72. The molecule has 0 aliphatic carbocycles. The Morgan fingerprint density at radius 3 is 3.10 bits per heavy atom. The third-order valence-corrected chi connectivity index (χ3v) is 3.86. The smallest absolute Gasteiger partial charge is 0.251 e. The van der Waals surface area contributed by atoms with E-state index in [9.17, 15) is 4.79 Å². The Morgan fingerprint density at radius 2 is 2.33 bits per heavy atom. The molecule has 5 heteroatoms. The standard InChI is InChI=1S/C16H20N4O/c1-11-14(10-20(2)19-11)9-18-16(21)13-5-6-15-12(8-13)4-3-7-17-15/h5-6,8,10,17H,3-4,7,9H2,1-2H3,(H,18,21). The highest BCUT2D eigenvalue weighted by atomic mass is 16.1. The van der Waals surface area contributed by atoms with Crippen LogP contribution in [0.2, 0.25) is 0 Å². The third-order valence-electron chi connectivity index (χ3n) is 3.86. The molecule has 2 N–H and O–H groups in total. The zero-order valence-electron chi connectivity index (χ0n) is 12.4. The number of fused-ring (bicyclic) bond motifs is 1. The second-order valence-corrected chi connectivity index (χ2v) is 5.50. The van der Waals surface area contributed by atoms with Crippen molar-refractivity contribution in [1.82, 2.24) is 15.1 Å². The lowest BCUT2D eigenvalue weighted by atomic mass is 10.0. The number of rotatable bonds is 3. The number of benzene rings is 1. The van der Waals surface area contributed by atoms with Crippen LogP contribution >= 0.6 is 0 Å². The normalized spacial score (nSPS) is 13.4. The number of nitrogens with one attached hydrogen (secondary N) is 2. The predicted molar refractivity (Wildman–Crippen MR) is 82.4 cm³/mol. The number of anilines is 1. The molecule has 2 aromatic rings. The van der Waals surface area contributed by atoms with Gasteiger partial charge in [0, 0.05) is 43.1 Å². The van der Waals surface area contributed by atoms with Gasteiger partial charge in [-0.2, -0.15) is 5.10 Å². The highest BCUT2D eigenvalue weighted by Gasteiger charge is 2.13. The maximum Gasteiger partial charge on any atom is 0.251 e. The van der Waals surface area contributed by atoms with Gasteiger partial charge in [-0.05, 0) is 43.5 Å². The molecule has 1 aromatic heterocycles. The van der Waals surface area contributed by atoms with Crippen molar-refractivity contribution in [1.29, 1.82) is 0 Å². The Balaban J connectivity index is 1.69. The van der Waals surface area contributed by atoms with Gasteiger partial charge in [0.05, 0.1) is 5.69 Å². The first-order chi connectivity index (χ1) is 10.1. The van der Waals surface area contributed by atoms with Gasteiger partial charge >= 0.3 is 0 Å². The van der Waals surface area contributed by atoms with Gasteiger partial charge in [-0.3, -0.25) is 9.48 Å². The first-order valence-electron chi connectivity index (χ1n) is 7.27. The molecule has 0 atom stereocenters. The number of amides is 1. The average Bonchev–Trinajstić information content (AvgIpc) is 2.82. The molecular weight excluding hydrogens is 264 g/mol. The molecule has 3 rings (SSSR count). The minimum absolute atomic E-state index is 0.0355. The summed E-state index contributed by atoms with van der Waals surface area (Å²) in [5.41, 5.74) is 5.10. The van der Waals surface area contributed by atoms with Gasteiger partial charge in [0.1, 0.15) is 0 Å². The fraction of sp³-hybridized carbons (Fsp3) is 0.375. The van der Waals surface area contributed by atoms with E-state index in [1.165, 1.54) is 5.56 Å². The summed E-state index contributed by atoms with van der Waals surface area (Å²) in [6, 6.07) is 5.87. The van der Waals surface area contributed by atoms with Gasteiger partial charge in [0.15, 0.2) is 0 Å². The molecule has 1 aromatic carbocycles. The molecule has 0 saturated carbocycles. The molecule has 1 amide bonds. The molecule has 21 heavy (non-hydrogen) atoms. The van der Waals surface area contributed by atoms with Gasteiger partial charge in [-0.15, -0.1) is 0 Å². The van der Waals surface area contributed by atoms with Gasteiger partial charge < -0.3 is 10.6 Å². The Bertz CT molecular complexity index is 675. The monoisotopic (exact) mass is 284 g/mol. The maximum absolute atomic E-state index is 12.3. The van der Waals surface area contributed by atoms with E-state index in [4.69, 9.17) is 0 Å². The van der Waals surface area contributed by atoms with Crippen molar-refractivity contribution in [3.63, 3.8) is 0 Å². The molecule has 110 valence electrons. The summed E-state index contributed by atoms with van der Waals surface area (Å²) in [5, 5.41) is 10.6. The molecule has 0 bridgehead atoms. The zero-order chi connectivity index (χ0) is 14.8. The summed E-state index contributed by atoms with van der Waals surface area (Å²) in [6.07, 6.45) is 4.09. The lowest BCUT2D eigenvalue weighted by molar-refractivity contribution is 0.0951. The van der Waals surface area contributed by atoms with E-state index < -0.39 is 0 Å². The molecule has 0 fully saturated rings. The maximum atomic E-state index is 12.3. The zero-order valence-corrected chi connectivity index (χ0v) is 12.4. The van der Waals surface area contributed by atoms with Gasteiger partial charge in [-0.1, -0.05) is 0 Å². The topological polar surface area (TPSA) is 59.0 Å². The van der Waals surface area contributed by atoms with Crippen LogP contribution in [0.3, 0.4) is 0 Å². The van der Waals surface area contributed by atoms with Crippen molar-refractivity contribution in [2.24, 2.45) is 7.05 Å². The van der Waals surface area contributed by atoms with E-state index in [0.29, 0.717) is 6.54 Å².